The zero-order valence-corrected chi connectivity index (χ0v) is 19.4. The molecule has 1 aromatic heterocycles. The Hall–Kier alpha value is -2.64. The van der Waals surface area contributed by atoms with Crippen molar-refractivity contribution in [3.8, 4) is 17.1 Å². The van der Waals surface area contributed by atoms with Crippen LogP contribution in [0.5, 0.6) is 5.75 Å². The van der Waals surface area contributed by atoms with Crippen LogP contribution in [-0.2, 0) is 4.74 Å². The van der Waals surface area contributed by atoms with Gasteiger partial charge in [0, 0.05) is 19.2 Å². The molecular formula is C24H33FN4O3. The molecule has 2 fully saturated rings. The number of H-pyrrole nitrogens is 1. The number of benzene rings is 1. The summed E-state index contributed by atoms with van der Waals surface area (Å²) >= 11 is 0. The van der Waals surface area contributed by atoms with Crippen molar-refractivity contribution in [3.63, 3.8) is 0 Å². The lowest BCUT2D eigenvalue weighted by Crippen LogP contribution is -2.42. The molecular weight excluding hydrogens is 411 g/mol. The van der Waals surface area contributed by atoms with Crippen molar-refractivity contribution in [2.24, 2.45) is 17.8 Å². The average molecular weight is 445 g/mol. The van der Waals surface area contributed by atoms with Gasteiger partial charge in [0.1, 0.15) is 23.0 Å². The Morgan fingerprint density at radius 1 is 1.28 bits per heavy atom. The molecule has 0 unspecified atom stereocenters. The lowest BCUT2D eigenvalue weighted by atomic mass is 9.90. The first-order valence-corrected chi connectivity index (χ1v) is 11.5. The predicted molar refractivity (Wildman–Crippen MR) is 119 cm³/mol. The number of hydrogen-bond donors (Lipinski definition) is 1. The molecule has 1 aromatic carbocycles. The van der Waals surface area contributed by atoms with Gasteiger partial charge in [0.2, 0.25) is 0 Å². The number of amides is 1. The number of carbonyl (C=O) groups excluding carboxylic acids is 1. The summed E-state index contributed by atoms with van der Waals surface area (Å²) in [7, 11) is 0. The first kappa shape index (κ1) is 22.6. The number of halogens is 1. The highest BCUT2D eigenvalue weighted by Crippen LogP contribution is 2.49. The SMILES string of the molecule is Cc1nc(-c2ccc(OCC[C@@H]3C[C@@H]3C3CCN(C(=O)OC(C)(C)C)CC3)cc2F)n[nH]1. The summed E-state index contributed by atoms with van der Waals surface area (Å²) < 4.78 is 25.7. The number of rotatable bonds is 6. The van der Waals surface area contributed by atoms with E-state index in [9.17, 15) is 9.18 Å². The second-order valence-electron chi connectivity index (χ2n) is 9.99. The number of hydrogen-bond acceptors (Lipinski definition) is 5. The molecule has 1 saturated carbocycles. The fourth-order valence-corrected chi connectivity index (χ4v) is 4.58. The third-order valence-electron chi connectivity index (χ3n) is 6.31. The Morgan fingerprint density at radius 2 is 2.03 bits per heavy atom. The molecule has 2 aromatic rings. The Kier molecular flexibility index (Phi) is 6.40. The van der Waals surface area contributed by atoms with Crippen LogP contribution >= 0.6 is 0 Å². The van der Waals surface area contributed by atoms with Crippen LogP contribution in [-0.4, -0.2) is 51.5 Å². The summed E-state index contributed by atoms with van der Waals surface area (Å²) in [6, 6.07) is 4.82. The minimum atomic E-state index is -0.451. The van der Waals surface area contributed by atoms with Gasteiger partial charge in [-0.3, -0.25) is 5.10 Å². The van der Waals surface area contributed by atoms with Crippen LogP contribution in [0, 0.1) is 30.5 Å². The number of carbonyl (C=O) groups is 1. The van der Waals surface area contributed by atoms with Crippen LogP contribution in [0.2, 0.25) is 0 Å². The molecule has 0 bridgehead atoms. The van der Waals surface area contributed by atoms with Crippen LogP contribution in [0.4, 0.5) is 9.18 Å². The first-order chi connectivity index (χ1) is 15.2. The zero-order chi connectivity index (χ0) is 22.9. The lowest BCUT2D eigenvalue weighted by Gasteiger charge is -2.33. The van der Waals surface area contributed by atoms with E-state index < -0.39 is 5.60 Å². The van der Waals surface area contributed by atoms with Gasteiger partial charge < -0.3 is 14.4 Å². The number of piperidine rings is 1. The van der Waals surface area contributed by atoms with Crippen LogP contribution in [0.3, 0.4) is 0 Å². The predicted octanol–water partition coefficient (Wildman–Crippen LogP) is 4.97. The van der Waals surface area contributed by atoms with E-state index in [0.717, 1.165) is 32.4 Å². The number of aryl methyl sites for hydroxylation is 1. The standard InChI is InChI=1S/C24H33FN4O3/c1-15-26-22(28-27-15)19-6-5-18(14-21(19)25)31-12-9-17-13-20(17)16-7-10-29(11-8-16)23(30)32-24(2,3)4/h5-6,14,16-17,20H,7-13H2,1-4H3,(H,26,27,28)/t17-,20-/m1/s1. The van der Waals surface area contributed by atoms with Crippen LogP contribution < -0.4 is 4.74 Å². The van der Waals surface area contributed by atoms with Crippen molar-refractivity contribution in [3.05, 3.63) is 29.8 Å². The fourth-order valence-electron chi connectivity index (χ4n) is 4.58. The highest BCUT2D eigenvalue weighted by Gasteiger charge is 2.43. The van der Waals surface area contributed by atoms with E-state index >= 15 is 0 Å². The van der Waals surface area contributed by atoms with Crippen molar-refractivity contribution >= 4 is 6.09 Å². The minimum absolute atomic E-state index is 0.201. The highest BCUT2D eigenvalue weighted by atomic mass is 19.1. The average Bonchev–Trinajstić information content (AvgIpc) is 3.37. The second kappa shape index (κ2) is 9.08. The highest BCUT2D eigenvalue weighted by molar-refractivity contribution is 5.68. The van der Waals surface area contributed by atoms with E-state index in [-0.39, 0.29) is 11.9 Å². The molecule has 1 N–H and O–H groups in total. The molecule has 174 valence electrons. The number of aromatic amines is 1. The van der Waals surface area contributed by atoms with E-state index in [1.807, 2.05) is 25.7 Å². The van der Waals surface area contributed by atoms with Crippen molar-refractivity contribution in [2.75, 3.05) is 19.7 Å². The Bertz CT molecular complexity index is 947. The van der Waals surface area contributed by atoms with E-state index in [1.54, 1.807) is 19.1 Å². The normalized spacial score (nSPS) is 21.5. The molecule has 0 radical (unpaired) electrons. The largest absolute Gasteiger partial charge is 0.493 e. The molecule has 0 spiro atoms. The maximum atomic E-state index is 14.4. The summed E-state index contributed by atoms with van der Waals surface area (Å²) in [5.74, 6) is 3.18. The van der Waals surface area contributed by atoms with E-state index in [0.29, 0.717) is 47.3 Å². The van der Waals surface area contributed by atoms with E-state index in [2.05, 4.69) is 15.2 Å². The molecule has 2 atom stereocenters. The molecule has 4 rings (SSSR count). The van der Waals surface area contributed by atoms with Gasteiger partial charge in [-0.1, -0.05) is 0 Å². The monoisotopic (exact) mass is 444 g/mol. The first-order valence-electron chi connectivity index (χ1n) is 11.5. The summed E-state index contributed by atoms with van der Waals surface area (Å²) in [5, 5.41) is 6.73. The molecule has 1 aliphatic carbocycles. The number of ether oxygens (including phenoxy) is 2. The number of likely N-dealkylation sites (tertiary alicyclic amines) is 1. The topological polar surface area (TPSA) is 80.3 Å². The van der Waals surface area contributed by atoms with Crippen LogP contribution in [0.15, 0.2) is 18.2 Å². The molecule has 2 aliphatic rings. The van der Waals surface area contributed by atoms with Crippen LogP contribution in [0.1, 0.15) is 52.3 Å². The number of nitrogens with zero attached hydrogens (tertiary/aromatic N) is 3. The molecule has 32 heavy (non-hydrogen) atoms. The summed E-state index contributed by atoms with van der Waals surface area (Å²) in [4.78, 5) is 18.2. The maximum absolute atomic E-state index is 14.4. The van der Waals surface area contributed by atoms with Gasteiger partial charge in [0.15, 0.2) is 5.82 Å². The summed E-state index contributed by atoms with van der Waals surface area (Å²) in [6.07, 6.45) is 4.06. The maximum Gasteiger partial charge on any atom is 0.410 e. The molecule has 7 nitrogen and oxygen atoms in total. The van der Waals surface area contributed by atoms with Gasteiger partial charge in [0.05, 0.1) is 12.2 Å². The van der Waals surface area contributed by atoms with Crippen molar-refractivity contribution < 1.29 is 18.7 Å². The van der Waals surface area contributed by atoms with Gasteiger partial charge in [-0.15, -0.1) is 0 Å². The molecule has 1 amide bonds. The smallest absolute Gasteiger partial charge is 0.410 e. The molecule has 1 saturated heterocycles. The van der Waals surface area contributed by atoms with Gasteiger partial charge in [-0.25, -0.2) is 14.2 Å². The fraction of sp³-hybridized carbons (Fsp3) is 0.625. The van der Waals surface area contributed by atoms with Crippen molar-refractivity contribution in [1.29, 1.82) is 0 Å². The third-order valence-corrected chi connectivity index (χ3v) is 6.31. The van der Waals surface area contributed by atoms with Gasteiger partial charge in [-0.2, -0.15) is 5.10 Å². The Balaban J connectivity index is 1.18. The van der Waals surface area contributed by atoms with Gasteiger partial charge >= 0.3 is 6.09 Å². The number of aromatic nitrogens is 3. The number of nitrogens with one attached hydrogen (secondary N) is 1. The molecule has 8 heteroatoms. The lowest BCUT2D eigenvalue weighted by molar-refractivity contribution is 0.0174. The molecule has 1 aliphatic heterocycles. The Labute approximate surface area is 188 Å². The Morgan fingerprint density at radius 3 is 2.66 bits per heavy atom. The van der Waals surface area contributed by atoms with Crippen LogP contribution in [0.25, 0.3) is 11.4 Å². The van der Waals surface area contributed by atoms with Crippen molar-refractivity contribution in [1.82, 2.24) is 20.1 Å². The second-order valence-corrected chi connectivity index (χ2v) is 9.99. The van der Waals surface area contributed by atoms with Gasteiger partial charge in [0.25, 0.3) is 0 Å². The third kappa shape index (κ3) is 5.58. The van der Waals surface area contributed by atoms with Gasteiger partial charge in [-0.05, 0) is 83.3 Å². The quantitative estimate of drug-likeness (QED) is 0.680. The van der Waals surface area contributed by atoms with E-state index in [4.69, 9.17) is 9.47 Å². The molecule has 2 heterocycles. The minimum Gasteiger partial charge on any atom is -0.493 e. The summed E-state index contributed by atoms with van der Waals surface area (Å²) in [5.41, 5.74) is -0.0881. The van der Waals surface area contributed by atoms with E-state index in [1.165, 1.54) is 12.5 Å². The zero-order valence-electron chi connectivity index (χ0n) is 19.4. The summed E-state index contributed by atoms with van der Waals surface area (Å²) in [6.45, 7) is 9.60. The van der Waals surface area contributed by atoms with Crippen molar-refractivity contribution in [2.45, 2.75) is 59.0 Å².